The molecule has 0 fully saturated rings. The molecule has 0 bridgehead atoms. The molecule has 1 amide bonds. The van der Waals surface area contributed by atoms with Gasteiger partial charge in [0.05, 0.1) is 35.5 Å². The summed E-state index contributed by atoms with van der Waals surface area (Å²) in [5.74, 6) is -0.927. The Labute approximate surface area is 181 Å². The van der Waals surface area contributed by atoms with Crippen molar-refractivity contribution >= 4 is 12.2 Å². The Morgan fingerprint density at radius 3 is 2.58 bits per heavy atom. The highest BCUT2D eigenvalue weighted by molar-refractivity contribution is 5.92. The van der Waals surface area contributed by atoms with Crippen LogP contribution in [0.1, 0.15) is 23.7 Å². The standard InChI is InChI=1S/C25H23N3O3/c1-2-28(25(31)21(17-29)13-18-9-11-23(30)12-10-18)16-22-7-4-8-24(27-22)20-6-3-5-19(14-20)15-26/h3-12,14,17,21,30H,2,13,16H2,1H3. The van der Waals surface area contributed by atoms with E-state index in [1.807, 2.05) is 37.3 Å². The highest BCUT2D eigenvalue weighted by atomic mass is 16.3. The Hall–Kier alpha value is -3.98. The molecule has 1 aromatic heterocycles. The molecule has 0 saturated heterocycles. The Morgan fingerprint density at radius 1 is 1.16 bits per heavy atom. The number of phenolic OH excluding ortho intramolecular Hbond substituents is 1. The lowest BCUT2D eigenvalue weighted by Gasteiger charge is -2.24. The summed E-state index contributed by atoms with van der Waals surface area (Å²) in [7, 11) is 0. The van der Waals surface area contributed by atoms with Gasteiger partial charge in [0, 0.05) is 12.1 Å². The normalized spacial score (nSPS) is 11.4. The smallest absolute Gasteiger partial charge is 0.233 e. The van der Waals surface area contributed by atoms with Crippen molar-refractivity contribution in [1.29, 1.82) is 5.26 Å². The van der Waals surface area contributed by atoms with Gasteiger partial charge in [-0.25, -0.2) is 0 Å². The minimum atomic E-state index is -0.806. The van der Waals surface area contributed by atoms with Crippen molar-refractivity contribution in [2.45, 2.75) is 19.9 Å². The molecule has 3 aromatic rings. The number of aldehydes is 1. The molecule has 1 atom stereocenters. The van der Waals surface area contributed by atoms with Crippen LogP contribution in [0.25, 0.3) is 11.3 Å². The van der Waals surface area contributed by atoms with Crippen LogP contribution in [0.15, 0.2) is 66.7 Å². The second kappa shape index (κ2) is 10.2. The molecule has 2 aromatic carbocycles. The minimum absolute atomic E-state index is 0.138. The first-order valence-corrected chi connectivity index (χ1v) is 10.0. The van der Waals surface area contributed by atoms with Crippen LogP contribution < -0.4 is 0 Å². The van der Waals surface area contributed by atoms with Gasteiger partial charge in [0.25, 0.3) is 0 Å². The summed E-state index contributed by atoms with van der Waals surface area (Å²) in [6.45, 7) is 2.58. The zero-order chi connectivity index (χ0) is 22.2. The van der Waals surface area contributed by atoms with Crippen molar-refractivity contribution in [3.8, 4) is 23.1 Å². The number of aromatic nitrogens is 1. The lowest BCUT2D eigenvalue weighted by atomic mass is 9.99. The SMILES string of the molecule is CCN(Cc1cccc(-c2cccc(C#N)c2)n1)C(=O)C(C=O)Cc1ccc(O)cc1. The molecule has 31 heavy (non-hydrogen) atoms. The Morgan fingerprint density at radius 2 is 1.90 bits per heavy atom. The summed E-state index contributed by atoms with van der Waals surface area (Å²) < 4.78 is 0. The third-order valence-corrected chi connectivity index (χ3v) is 5.01. The van der Waals surface area contributed by atoms with Gasteiger partial charge in [-0.3, -0.25) is 9.78 Å². The second-order valence-corrected chi connectivity index (χ2v) is 7.17. The molecule has 0 radical (unpaired) electrons. The molecule has 6 heteroatoms. The number of phenols is 1. The van der Waals surface area contributed by atoms with Crippen molar-refractivity contribution in [2.75, 3.05) is 6.54 Å². The number of rotatable bonds is 8. The number of nitrogens with zero attached hydrogens (tertiary/aromatic N) is 3. The maximum atomic E-state index is 13.0. The van der Waals surface area contributed by atoms with E-state index in [4.69, 9.17) is 5.26 Å². The van der Waals surface area contributed by atoms with Crippen LogP contribution in [-0.4, -0.2) is 33.7 Å². The largest absolute Gasteiger partial charge is 0.508 e. The summed E-state index contributed by atoms with van der Waals surface area (Å²) in [6, 6.07) is 21.4. The fourth-order valence-electron chi connectivity index (χ4n) is 3.33. The van der Waals surface area contributed by atoms with Crippen molar-refractivity contribution in [1.82, 2.24) is 9.88 Å². The number of carbonyl (C=O) groups excluding carboxylic acids is 2. The Balaban J connectivity index is 1.76. The van der Waals surface area contributed by atoms with Gasteiger partial charge in [0.15, 0.2) is 0 Å². The zero-order valence-electron chi connectivity index (χ0n) is 17.2. The quantitative estimate of drug-likeness (QED) is 0.449. The van der Waals surface area contributed by atoms with E-state index in [1.165, 1.54) is 12.1 Å². The van der Waals surface area contributed by atoms with E-state index in [1.54, 1.807) is 29.2 Å². The van der Waals surface area contributed by atoms with Gasteiger partial charge >= 0.3 is 0 Å². The van der Waals surface area contributed by atoms with Gasteiger partial charge in [-0.15, -0.1) is 0 Å². The topological polar surface area (TPSA) is 94.3 Å². The maximum Gasteiger partial charge on any atom is 0.233 e. The van der Waals surface area contributed by atoms with E-state index < -0.39 is 5.92 Å². The summed E-state index contributed by atoms with van der Waals surface area (Å²) in [5.41, 5.74) is 3.60. The van der Waals surface area contributed by atoms with Crippen LogP contribution in [0.4, 0.5) is 0 Å². The summed E-state index contributed by atoms with van der Waals surface area (Å²) in [5, 5.41) is 18.5. The third kappa shape index (κ3) is 5.55. The molecule has 0 aliphatic heterocycles. The molecule has 0 spiro atoms. The molecule has 3 rings (SSSR count). The summed E-state index contributed by atoms with van der Waals surface area (Å²) in [6.07, 6.45) is 0.947. The molecule has 6 nitrogen and oxygen atoms in total. The first-order valence-electron chi connectivity index (χ1n) is 10.0. The predicted octanol–water partition coefficient (Wildman–Crippen LogP) is 3.73. The van der Waals surface area contributed by atoms with Gasteiger partial charge in [-0.05, 0) is 55.3 Å². The molecular formula is C25H23N3O3. The highest BCUT2D eigenvalue weighted by Crippen LogP contribution is 2.20. The zero-order valence-corrected chi connectivity index (χ0v) is 17.2. The van der Waals surface area contributed by atoms with Crippen LogP contribution in [0.3, 0.4) is 0 Å². The van der Waals surface area contributed by atoms with Gasteiger partial charge in [-0.1, -0.05) is 30.3 Å². The van der Waals surface area contributed by atoms with E-state index in [0.29, 0.717) is 29.8 Å². The molecule has 1 unspecified atom stereocenters. The molecule has 1 N–H and O–H groups in total. The molecule has 1 heterocycles. The van der Waals surface area contributed by atoms with Crippen molar-refractivity contribution in [3.05, 3.63) is 83.6 Å². The lowest BCUT2D eigenvalue weighted by Crippen LogP contribution is -2.37. The van der Waals surface area contributed by atoms with Gasteiger partial charge in [0.1, 0.15) is 12.0 Å². The highest BCUT2D eigenvalue weighted by Gasteiger charge is 2.24. The van der Waals surface area contributed by atoms with Crippen LogP contribution >= 0.6 is 0 Å². The average molecular weight is 413 g/mol. The average Bonchev–Trinajstić information content (AvgIpc) is 2.82. The van der Waals surface area contributed by atoms with Crippen molar-refractivity contribution in [2.24, 2.45) is 5.92 Å². The molecule has 0 aliphatic carbocycles. The number of amides is 1. The molecule has 156 valence electrons. The van der Waals surface area contributed by atoms with Crippen molar-refractivity contribution in [3.63, 3.8) is 0 Å². The second-order valence-electron chi connectivity index (χ2n) is 7.17. The fraction of sp³-hybridized carbons (Fsp3) is 0.200. The molecular weight excluding hydrogens is 390 g/mol. The van der Waals surface area contributed by atoms with E-state index in [2.05, 4.69) is 11.1 Å². The van der Waals surface area contributed by atoms with E-state index in [0.717, 1.165) is 11.1 Å². The molecule has 0 aliphatic rings. The number of nitriles is 1. The fourth-order valence-corrected chi connectivity index (χ4v) is 3.33. The summed E-state index contributed by atoms with van der Waals surface area (Å²) in [4.78, 5) is 30.9. The van der Waals surface area contributed by atoms with E-state index in [-0.39, 0.29) is 24.6 Å². The monoisotopic (exact) mass is 413 g/mol. The van der Waals surface area contributed by atoms with E-state index >= 15 is 0 Å². The Bertz CT molecular complexity index is 1100. The minimum Gasteiger partial charge on any atom is -0.508 e. The number of aromatic hydroxyl groups is 1. The number of hydrogen-bond acceptors (Lipinski definition) is 5. The van der Waals surface area contributed by atoms with Crippen LogP contribution in [0.2, 0.25) is 0 Å². The lowest BCUT2D eigenvalue weighted by molar-refractivity contribution is -0.138. The van der Waals surface area contributed by atoms with Crippen molar-refractivity contribution < 1.29 is 14.7 Å². The van der Waals surface area contributed by atoms with Gasteiger partial charge in [-0.2, -0.15) is 5.26 Å². The summed E-state index contributed by atoms with van der Waals surface area (Å²) >= 11 is 0. The molecule has 0 saturated carbocycles. The third-order valence-electron chi connectivity index (χ3n) is 5.01. The first-order chi connectivity index (χ1) is 15.0. The van der Waals surface area contributed by atoms with Gasteiger partial charge < -0.3 is 14.8 Å². The van der Waals surface area contributed by atoms with Gasteiger partial charge in [0.2, 0.25) is 5.91 Å². The number of hydrogen-bond donors (Lipinski definition) is 1. The van der Waals surface area contributed by atoms with Crippen LogP contribution in [0.5, 0.6) is 5.75 Å². The van der Waals surface area contributed by atoms with E-state index in [9.17, 15) is 14.7 Å². The number of carbonyl (C=O) groups is 2. The maximum absolute atomic E-state index is 13.0. The Kier molecular flexibility index (Phi) is 7.13. The van der Waals surface area contributed by atoms with Crippen LogP contribution in [-0.2, 0) is 22.6 Å². The number of benzene rings is 2. The van der Waals surface area contributed by atoms with Crippen LogP contribution in [0, 0.1) is 17.2 Å². The first kappa shape index (κ1) is 21.7. The number of pyridine rings is 1. The predicted molar refractivity (Wildman–Crippen MR) is 117 cm³/mol.